The van der Waals surface area contributed by atoms with Gasteiger partial charge in [0.15, 0.2) is 0 Å². The van der Waals surface area contributed by atoms with Crippen LogP contribution in [0.25, 0.3) is 0 Å². The number of pyridine rings is 1. The highest BCUT2D eigenvalue weighted by molar-refractivity contribution is 7.88. The number of nitrogens with one attached hydrogen (secondary N) is 1. The van der Waals surface area contributed by atoms with Gasteiger partial charge in [0, 0.05) is 23.8 Å². The van der Waals surface area contributed by atoms with E-state index in [1.54, 1.807) is 6.20 Å². The van der Waals surface area contributed by atoms with Crippen molar-refractivity contribution in [3.05, 3.63) is 65.0 Å². The molecule has 3 rings (SSSR count). The van der Waals surface area contributed by atoms with E-state index in [0.717, 1.165) is 29.7 Å². The first-order chi connectivity index (χ1) is 15.2. The van der Waals surface area contributed by atoms with Crippen LogP contribution in [-0.2, 0) is 27.4 Å². The van der Waals surface area contributed by atoms with Gasteiger partial charge in [0.2, 0.25) is 10.0 Å². The Morgan fingerprint density at radius 2 is 1.71 bits per heavy atom. The number of carbonyl (C=O) groups excluding carboxylic acids is 1. The maximum Gasteiger partial charge on any atom is 0.252 e. The Morgan fingerprint density at radius 3 is 2.18 bits per heavy atom. The van der Waals surface area contributed by atoms with Crippen LogP contribution in [0.1, 0.15) is 89.0 Å². The molecule has 1 aliphatic rings. The Hall–Kier alpha value is -2.25. The van der Waals surface area contributed by atoms with Crippen molar-refractivity contribution in [2.24, 2.45) is 0 Å². The molecular weight excluding hydrogens is 446 g/mol. The summed E-state index contributed by atoms with van der Waals surface area (Å²) >= 11 is 0. The van der Waals surface area contributed by atoms with Gasteiger partial charge >= 0.3 is 0 Å². The molecule has 0 radical (unpaired) electrons. The largest absolute Gasteiger partial charge is 0.341 e. The maximum absolute atomic E-state index is 13.5. The van der Waals surface area contributed by atoms with Crippen LogP contribution in [-0.4, -0.2) is 42.0 Å². The van der Waals surface area contributed by atoms with Gasteiger partial charge in [-0.15, -0.1) is 0 Å². The molecule has 1 aromatic heterocycles. The molecule has 0 atom stereocenters. The molecule has 0 unspecified atom stereocenters. The van der Waals surface area contributed by atoms with Crippen LogP contribution in [0.3, 0.4) is 0 Å². The molecule has 2 aromatic rings. The predicted molar refractivity (Wildman–Crippen MR) is 139 cm³/mol. The van der Waals surface area contributed by atoms with E-state index in [4.69, 9.17) is 0 Å². The fourth-order valence-corrected chi connectivity index (χ4v) is 5.90. The van der Waals surface area contributed by atoms with E-state index in [9.17, 15) is 13.2 Å². The Bertz CT molecular complexity index is 1110. The van der Waals surface area contributed by atoms with E-state index < -0.39 is 21.1 Å². The summed E-state index contributed by atoms with van der Waals surface area (Å²) in [5, 5.41) is 3.23. The summed E-state index contributed by atoms with van der Waals surface area (Å²) in [6.07, 6.45) is 5.16. The molecule has 1 N–H and O–H groups in total. The van der Waals surface area contributed by atoms with Gasteiger partial charge in [0.1, 0.15) is 0 Å². The molecule has 1 aromatic carbocycles. The molecule has 7 heteroatoms. The standard InChI is InChI=1S/C26H37N3O3S.CH4/c1-24(2,3)21-12-10-11-20(19(21)14-18-29(25(4,5)6)33(7,31)32)23(30)28-26(15-16-26)22-13-8-9-17-27-22;/h8-13,17H,14-16,18H2,1-7H3,(H,28,30);1H4. The third kappa shape index (κ3) is 6.25. The fourth-order valence-electron chi connectivity index (χ4n) is 4.48. The van der Waals surface area contributed by atoms with Crippen molar-refractivity contribution in [1.82, 2.24) is 14.6 Å². The summed E-state index contributed by atoms with van der Waals surface area (Å²) in [6.45, 7) is 12.3. The summed E-state index contributed by atoms with van der Waals surface area (Å²) in [5.41, 5.74) is 2.27. The minimum absolute atomic E-state index is 0. The van der Waals surface area contributed by atoms with Crippen molar-refractivity contribution in [1.29, 1.82) is 0 Å². The summed E-state index contributed by atoms with van der Waals surface area (Å²) < 4.78 is 26.5. The highest BCUT2D eigenvalue weighted by Crippen LogP contribution is 2.44. The minimum atomic E-state index is -3.40. The number of benzene rings is 1. The quantitative estimate of drug-likeness (QED) is 0.594. The van der Waals surface area contributed by atoms with Crippen LogP contribution in [0.5, 0.6) is 0 Å². The number of carbonyl (C=O) groups is 1. The lowest BCUT2D eigenvalue weighted by Crippen LogP contribution is -2.46. The predicted octanol–water partition coefficient (Wildman–Crippen LogP) is 5.04. The van der Waals surface area contributed by atoms with Gasteiger partial charge in [-0.3, -0.25) is 9.78 Å². The van der Waals surface area contributed by atoms with Crippen LogP contribution < -0.4 is 5.32 Å². The van der Waals surface area contributed by atoms with Crippen molar-refractivity contribution in [2.45, 2.75) is 84.7 Å². The average molecular weight is 488 g/mol. The van der Waals surface area contributed by atoms with Gasteiger partial charge in [-0.25, -0.2) is 8.42 Å². The summed E-state index contributed by atoms with van der Waals surface area (Å²) in [5.74, 6) is -0.138. The Kier molecular flexibility index (Phi) is 8.05. The number of rotatable bonds is 7. The zero-order chi connectivity index (χ0) is 24.7. The van der Waals surface area contributed by atoms with E-state index in [1.807, 2.05) is 57.2 Å². The topological polar surface area (TPSA) is 79.4 Å². The third-order valence-electron chi connectivity index (χ3n) is 6.20. The van der Waals surface area contributed by atoms with Crippen LogP contribution in [0.2, 0.25) is 0 Å². The number of hydrogen-bond acceptors (Lipinski definition) is 4. The molecule has 188 valence electrons. The lowest BCUT2D eigenvalue weighted by molar-refractivity contribution is 0.0928. The second-order valence-corrected chi connectivity index (χ2v) is 13.0. The average Bonchev–Trinajstić information content (AvgIpc) is 3.46. The van der Waals surface area contributed by atoms with E-state index in [2.05, 4.69) is 31.1 Å². The minimum Gasteiger partial charge on any atom is -0.341 e. The molecule has 0 bridgehead atoms. The fraction of sp³-hybridized carbons (Fsp3) is 0.556. The molecule has 1 saturated carbocycles. The number of aromatic nitrogens is 1. The van der Waals surface area contributed by atoms with Crippen molar-refractivity contribution >= 4 is 15.9 Å². The monoisotopic (exact) mass is 487 g/mol. The first-order valence-electron chi connectivity index (χ1n) is 11.5. The van der Waals surface area contributed by atoms with Gasteiger partial charge in [0.05, 0.1) is 17.5 Å². The zero-order valence-electron chi connectivity index (χ0n) is 20.9. The smallest absolute Gasteiger partial charge is 0.252 e. The van der Waals surface area contributed by atoms with E-state index in [1.165, 1.54) is 10.6 Å². The Labute approximate surface area is 206 Å². The second-order valence-electron chi connectivity index (χ2n) is 11.1. The highest BCUT2D eigenvalue weighted by Gasteiger charge is 2.47. The lowest BCUT2D eigenvalue weighted by Gasteiger charge is -2.34. The molecule has 34 heavy (non-hydrogen) atoms. The number of nitrogens with zero attached hydrogens (tertiary/aromatic N) is 2. The number of sulfonamides is 1. The highest BCUT2D eigenvalue weighted by atomic mass is 32.2. The molecule has 6 nitrogen and oxygen atoms in total. The van der Waals surface area contributed by atoms with Crippen molar-refractivity contribution in [3.63, 3.8) is 0 Å². The Morgan fingerprint density at radius 1 is 1.06 bits per heavy atom. The van der Waals surface area contributed by atoms with Crippen LogP contribution in [0.4, 0.5) is 0 Å². The normalized spacial score (nSPS) is 15.5. The maximum atomic E-state index is 13.5. The van der Waals surface area contributed by atoms with Crippen molar-refractivity contribution in [2.75, 3.05) is 12.8 Å². The molecule has 0 aliphatic heterocycles. The summed E-state index contributed by atoms with van der Waals surface area (Å²) in [4.78, 5) is 18.0. The van der Waals surface area contributed by atoms with E-state index >= 15 is 0 Å². The first-order valence-corrected chi connectivity index (χ1v) is 13.3. The first kappa shape index (κ1) is 28.0. The number of hydrogen-bond donors (Lipinski definition) is 1. The summed E-state index contributed by atoms with van der Waals surface area (Å²) in [7, 11) is -3.40. The second kappa shape index (κ2) is 9.78. The van der Waals surface area contributed by atoms with E-state index in [-0.39, 0.29) is 18.7 Å². The molecule has 1 aliphatic carbocycles. The van der Waals surface area contributed by atoms with Crippen LogP contribution in [0.15, 0.2) is 42.6 Å². The van der Waals surface area contributed by atoms with Crippen LogP contribution in [0, 0.1) is 0 Å². The van der Waals surface area contributed by atoms with Crippen molar-refractivity contribution in [3.8, 4) is 0 Å². The molecule has 0 saturated heterocycles. The van der Waals surface area contributed by atoms with Gasteiger partial charge in [0.25, 0.3) is 5.91 Å². The van der Waals surface area contributed by atoms with Gasteiger partial charge in [-0.05, 0) is 74.8 Å². The molecule has 0 spiro atoms. The van der Waals surface area contributed by atoms with Gasteiger partial charge in [-0.2, -0.15) is 4.31 Å². The molecule has 1 fully saturated rings. The zero-order valence-corrected chi connectivity index (χ0v) is 21.7. The number of amides is 1. The SMILES string of the molecule is C.CC(C)(C)c1cccc(C(=O)NC2(c3ccccn3)CC2)c1CCN(C(C)(C)C)S(C)(=O)=O. The molecule has 1 heterocycles. The molecular formula is C27H41N3O3S. The molecule has 1 amide bonds. The lowest BCUT2D eigenvalue weighted by atomic mass is 9.81. The summed E-state index contributed by atoms with van der Waals surface area (Å²) in [6, 6.07) is 11.6. The van der Waals surface area contributed by atoms with E-state index in [0.29, 0.717) is 18.5 Å². The van der Waals surface area contributed by atoms with Gasteiger partial charge in [-0.1, -0.05) is 46.4 Å². The third-order valence-corrected chi connectivity index (χ3v) is 7.73. The van der Waals surface area contributed by atoms with Crippen molar-refractivity contribution < 1.29 is 13.2 Å². The Balaban J connectivity index is 0.00000408. The van der Waals surface area contributed by atoms with Crippen LogP contribution >= 0.6 is 0 Å². The van der Waals surface area contributed by atoms with Gasteiger partial charge < -0.3 is 5.32 Å².